The van der Waals surface area contributed by atoms with E-state index in [0.717, 1.165) is 36.2 Å². The molecule has 1 aromatic rings. The Balaban J connectivity index is 0.00000180. The predicted molar refractivity (Wildman–Crippen MR) is 79.1 cm³/mol. The van der Waals surface area contributed by atoms with Gasteiger partial charge in [-0.2, -0.15) is 0 Å². The van der Waals surface area contributed by atoms with Gasteiger partial charge in [-0.3, -0.25) is 9.29 Å². The first-order valence-corrected chi connectivity index (χ1v) is 6.97. The van der Waals surface area contributed by atoms with Crippen LogP contribution in [0.3, 0.4) is 0 Å². The third-order valence-corrected chi connectivity index (χ3v) is 4.01. The van der Waals surface area contributed by atoms with E-state index >= 15 is 0 Å². The van der Waals surface area contributed by atoms with Gasteiger partial charge in [0, 0.05) is 36.7 Å². The van der Waals surface area contributed by atoms with Gasteiger partial charge in [0.15, 0.2) is 0 Å². The smallest absolute Gasteiger partial charge is 0.123 e. The lowest BCUT2D eigenvalue weighted by atomic mass is 10.0. The number of rotatable bonds is 4. The second kappa shape index (κ2) is 8.15. The van der Waals surface area contributed by atoms with Crippen LogP contribution in [0.1, 0.15) is 18.0 Å². The Bertz CT molecular complexity index is 400. The predicted octanol–water partition coefficient (Wildman–Crippen LogP) is 3.32. The van der Waals surface area contributed by atoms with Gasteiger partial charge in [-0.05, 0) is 30.2 Å². The van der Waals surface area contributed by atoms with E-state index in [4.69, 9.17) is 0 Å². The number of hydrogen-bond donors (Lipinski definition) is 1. The van der Waals surface area contributed by atoms with E-state index < -0.39 is 6.67 Å². The number of nitrogens with zero attached hydrogens (tertiary/aromatic N) is 1. The Labute approximate surface area is 127 Å². The lowest BCUT2D eigenvalue weighted by Crippen LogP contribution is -2.45. The molecule has 1 aliphatic heterocycles. The molecular formula is C13H18BrClF2N2. The number of benzene rings is 1. The number of nitrogens with one attached hydrogen (secondary N) is 1. The summed E-state index contributed by atoms with van der Waals surface area (Å²) in [6, 6.07) is 4.56. The van der Waals surface area contributed by atoms with Crippen LogP contribution in [0, 0.1) is 5.82 Å². The second-order valence-electron chi connectivity index (χ2n) is 4.45. The first kappa shape index (κ1) is 16.8. The Morgan fingerprint density at radius 3 is 2.63 bits per heavy atom. The van der Waals surface area contributed by atoms with E-state index in [1.807, 2.05) is 0 Å². The molecule has 0 amide bonds. The zero-order valence-electron chi connectivity index (χ0n) is 10.5. The minimum Gasteiger partial charge on any atom is -0.314 e. The van der Waals surface area contributed by atoms with Crippen molar-refractivity contribution in [2.75, 3.05) is 32.9 Å². The van der Waals surface area contributed by atoms with E-state index in [9.17, 15) is 8.78 Å². The normalized spacial score (nSPS) is 17.8. The molecule has 0 unspecified atom stereocenters. The first-order valence-electron chi connectivity index (χ1n) is 6.18. The van der Waals surface area contributed by atoms with E-state index in [1.165, 1.54) is 12.1 Å². The van der Waals surface area contributed by atoms with Crippen molar-refractivity contribution in [3.63, 3.8) is 0 Å². The van der Waals surface area contributed by atoms with Crippen molar-refractivity contribution in [3.8, 4) is 0 Å². The van der Waals surface area contributed by atoms with Crippen molar-refractivity contribution in [1.82, 2.24) is 10.2 Å². The van der Waals surface area contributed by atoms with Crippen molar-refractivity contribution in [3.05, 3.63) is 34.1 Å². The summed E-state index contributed by atoms with van der Waals surface area (Å²) in [7, 11) is 0. The van der Waals surface area contributed by atoms with E-state index in [-0.39, 0.29) is 24.3 Å². The van der Waals surface area contributed by atoms with Crippen LogP contribution in [0.15, 0.2) is 22.7 Å². The number of halogens is 4. The van der Waals surface area contributed by atoms with Crippen molar-refractivity contribution in [1.29, 1.82) is 0 Å². The molecule has 1 aromatic carbocycles. The SMILES string of the molecule is Cl.FCC[C@@H](c1cc(F)ccc1Br)N1CCNCC1. The van der Waals surface area contributed by atoms with E-state index in [2.05, 4.69) is 26.1 Å². The van der Waals surface area contributed by atoms with Crippen LogP contribution >= 0.6 is 28.3 Å². The minimum absolute atomic E-state index is 0. The highest BCUT2D eigenvalue weighted by atomic mass is 79.9. The van der Waals surface area contributed by atoms with Crippen LogP contribution in [0.25, 0.3) is 0 Å². The average molecular weight is 356 g/mol. The zero-order valence-corrected chi connectivity index (χ0v) is 12.9. The van der Waals surface area contributed by atoms with Gasteiger partial charge in [0.05, 0.1) is 6.67 Å². The molecule has 0 aromatic heterocycles. The Morgan fingerprint density at radius 1 is 1.32 bits per heavy atom. The fraction of sp³-hybridized carbons (Fsp3) is 0.538. The van der Waals surface area contributed by atoms with Gasteiger partial charge in [-0.25, -0.2) is 4.39 Å². The molecule has 2 rings (SSSR count). The van der Waals surface area contributed by atoms with Crippen LogP contribution in [0.5, 0.6) is 0 Å². The van der Waals surface area contributed by atoms with Gasteiger partial charge < -0.3 is 5.32 Å². The molecule has 1 aliphatic rings. The highest BCUT2D eigenvalue weighted by Crippen LogP contribution is 2.31. The molecule has 0 spiro atoms. The molecule has 6 heteroatoms. The molecule has 108 valence electrons. The Morgan fingerprint density at radius 2 is 2.00 bits per heavy atom. The maximum atomic E-state index is 13.4. The minimum atomic E-state index is -0.391. The maximum Gasteiger partial charge on any atom is 0.123 e. The largest absolute Gasteiger partial charge is 0.314 e. The molecule has 1 heterocycles. The molecular weight excluding hydrogens is 338 g/mol. The topological polar surface area (TPSA) is 15.3 Å². The summed E-state index contributed by atoms with van der Waals surface area (Å²) in [4.78, 5) is 2.22. The summed E-state index contributed by atoms with van der Waals surface area (Å²) in [5, 5.41) is 3.27. The standard InChI is InChI=1S/C13H17BrF2N2.ClH/c14-12-2-1-10(16)9-11(12)13(3-4-15)18-7-5-17-6-8-18;/h1-2,9,13,17H,3-8H2;1H/t13-;/m0./s1. The van der Waals surface area contributed by atoms with Gasteiger partial charge in [0.25, 0.3) is 0 Å². The van der Waals surface area contributed by atoms with Gasteiger partial charge in [0.2, 0.25) is 0 Å². The van der Waals surface area contributed by atoms with Crippen molar-refractivity contribution in [2.24, 2.45) is 0 Å². The summed E-state index contributed by atoms with van der Waals surface area (Å²) in [5.74, 6) is -0.271. The van der Waals surface area contributed by atoms with Crippen LogP contribution in [0.4, 0.5) is 8.78 Å². The molecule has 1 atom stereocenters. The quantitative estimate of drug-likeness (QED) is 0.891. The number of alkyl halides is 1. The van der Waals surface area contributed by atoms with Crippen molar-refractivity contribution < 1.29 is 8.78 Å². The third-order valence-electron chi connectivity index (χ3n) is 3.29. The third kappa shape index (κ3) is 4.38. The molecule has 0 radical (unpaired) electrons. The maximum absolute atomic E-state index is 13.4. The fourth-order valence-corrected chi connectivity index (χ4v) is 2.91. The van der Waals surface area contributed by atoms with Gasteiger partial charge >= 0.3 is 0 Å². The van der Waals surface area contributed by atoms with E-state index in [1.54, 1.807) is 6.07 Å². The fourth-order valence-electron chi connectivity index (χ4n) is 2.40. The summed E-state index contributed by atoms with van der Waals surface area (Å²) < 4.78 is 27.0. The van der Waals surface area contributed by atoms with Crippen LogP contribution < -0.4 is 5.32 Å². The lowest BCUT2D eigenvalue weighted by Gasteiger charge is -2.35. The van der Waals surface area contributed by atoms with Gasteiger partial charge in [-0.1, -0.05) is 15.9 Å². The second-order valence-corrected chi connectivity index (χ2v) is 5.30. The first-order chi connectivity index (χ1) is 8.72. The van der Waals surface area contributed by atoms with Crippen molar-refractivity contribution >= 4 is 28.3 Å². The molecule has 0 saturated carbocycles. The highest BCUT2D eigenvalue weighted by Gasteiger charge is 2.23. The zero-order chi connectivity index (χ0) is 13.0. The monoisotopic (exact) mass is 354 g/mol. The van der Waals surface area contributed by atoms with E-state index in [0.29, 0.717) is 6.42 Å². The average Bonchev–Trinajstić information content (AvgIpc) is 2.40. The van der Waals surface area contributed by atoms with Gasteiger partial charge in [-0.15, -0.1) is 12.4 Å². The molecule has 0 bridgehead atoms. The summed E-state index contributed by atoms with van der Waals surface area (Å²) in [5.41, 5.74) is 0.842. The molecule has 1 N–H and O–H groups in total. The molecule has 2 nitrogen and oxygen atoms in total. The van der Waals surface area contributed by atoms with Gasteiger partial charge in [0.1, 0.15) is 5.82 Å². The summed E-state index contributed by atoms with van der Waals surface area (Å²) in [6.07, 6.45) is 0.405. The number of piperazine rings is 1. The molecule has 1 fully saturated rings. The molecule has 0 aliphatic carbocycles. The summed E-state index contributed by atoms with van der Waals surface area (Å²) in [6.45, 7) is 3.14. The summed E-state index contributed by atoms with van der Waals surface area (Å²) >= 11 is 3.44. The highest BCUT2D eigenvalue weighted by molar-refractivity contribution is 9.10. The van der Waals surface area contributed by atoms with Crippen molar-refractivity contribution in [2.45, 2.75) is 12.5 Å². The van der Waals surface area contributed by atoms with Crippen LogP contribution in [-0.4, -0.2) is 37.8 Å². The van der Waals surface area contributed by atoms with Crippen LogP contribution in [0.2, 0.25) is 0 Å². The van der Waals surface area contributed by atoms with Crippen LogP contribution in [-0.2, 0) is 0 Å². The Kier molecular flexibility index (Phi) is 7.21. The molecule has 1 saturated heterocycles. The number of hydrogen-bond acceptors (Lipinski definition) is 2. The Hall–Kier alpha value is -0.230. The lowest BCUT2D eigenvalue weighted by molar-refractivity contribution is 0.156. The molecule has 19 heavy (non-hydrogen) atoms.